The molecule has 0 amide bonds. The Morgan fingerprint density at radius 2 is 2.23 bits per heavy atom. The van der Waals surface area contributed by atoms with Crippen molar-refractivity contribution in [3.05, 3.63) is 11.9 Å². The highest BCUT2D eigenvalue weighted by Gasteiger charge is 2.26. The van der Waals surface area contributed by atoms with Gasteiger partial charge in [0.2, 0.25) is 0 Å². The van der Waals surface area contributed by atoms with Crippen LogP contribution in [-0.4, -0.2) is 22.7 Å². The van der Waals surface area contributed by atoms with E-state index in [1.807, 2.05) is 0 Å². The Kier molecular flexibility index (Phi) is 2.79. The molecule has 0 spiro atoms. The third-order valence-electron chi connectivity index (χ3n) is 1.40. The number of alkyl halides is 3. The number of aromatic amines is 1. The molecule has 0 aliphatic rings. The summed E-state index contributed by atoms with van der Waals surface area (Å²) in [6.07, 6.45) is -3.42. The van der Waals surface area contributed by atoms with E-state index in [4.69, 9.17) is 0 Å². The van der Waals surface area contributed by atoms with Gasteiger partial charge in [-0.05, 0) is 6.92 Å². The SMILES string of the molecule is Cc1cnc(NCCC(F)(F)F)[nH]1. The van der Waals surface area contributed by atoms with E-state index in [2.05, 4.69) is 15.3 Å². The van der Waals surface area contributed by atoms with Gasteiger partial charge in [0.05, 0.1) is 6.42 Å². The van der Waals surface area contributed by atoms with Crippen LogP contribution in [0.1, 0.15) is 12.1 Å². The number of aromatic nitrogens is 2. The summed E-state index contributed by atoms with van der Waals surface area (Å²) in [6, 6.07) is 0. The van der Waals surface area contributed by atoms with Gasteiger partial charge in [-0.1, -0.05) is 0 Å². The maximum atomic E-state index is 11.7. The Morgan fingerprint density at radius 1 is 1.54 bits per heavy atom. The van der Waals surface area contributed by atoms with Crippen LogP contribution in [0.15, 0.2) is 6.20 Å². The summed E-state index contributed by atoms with van der Waals surface area (Å²) in [5.41, 5.74) is 0.814. The van der Waals surface area contributed by atoms with Crippen LogP contribution >= 0.6 is 0 Å². The Hall–Kier alpha value is -1.20. The summed E-state index contributed by atoms with van der Waals surface area (Å²) in [6.45, 7) is 1.62. The second-order valence-electron chi connectivity index (χ2n) is 2.71. The summed E-state index contributed by atoms with van der Waals surface area (Å²) in [4.78, 5) is 6.57. The molecule has 2 N–H and O–H groups in total. The lowest BCUT2D eigenvalue weighted by Gasteiger charge is -2.05. The monoisotopic (exact) mass is 193 g/mol. The number of nitrogens with one attached hydrogen (secondary N) is 2. The van der Waals surface area contributed by atoms with Crippen molar-refractivity contribution < 1.29 is 13.2 Å². The van der Waals surface area contributed by atoms with Crippen LogP contribution in [0, 0.1) is 6.92 Å². The van der Waals surface area contributed by atoms with Gasteiger partial charge in [0.1, 0.15) is 0 Å². The molecule has 0 bridgehead atoms. The molecule has 3 nitrogen and oxygen atoms in total. The lowest BCUT2D eigenvalue weighted by molar-refractivity contribution is -0.131. The Bertz CT molecular complexity index is 266. The molecule has 1 heterocycles. The van der Waals surface area contributed by atoms with Crippen molar-refractivity contribution in [1.82, 2.24) is 9.97 Å². The van der Waals surface area contributed by atoms with E-state index in [0.29, 0.717) is 5.95 Å². The van der Waals surface area contributed by atoms with Crippen molar-refractivity contribution in [1.29, 1.82) is 0 Å². The molecule has 1 aromatic rings. The van der Waals surface area contributed by atoms with Crippen LogP contribution in [0.2, 0.25) is 0 Å². The number of imidazole rings is 1. The number of H-pyrrole nitrogens is 1. The normalized spacial score (nSPS) is 11.7. The third-order valence-corrected chi connectivity index (χ3v) is 1.40. The molecule has 0 fully saturated rings. The van der Waals surface area contributed by atoms with Crippen LogP contribution in [0.3, 0.4) is 0 Å². The fourth-order valence-corrected chi connectivity index (χ4v) is 0.825. The second kappa shape index (κ2) is 3.68. The molecule has 0 saturated carbocycles. The minimum Gasteiger partial charge on any atom is -0.355 e. The first-order chi connectivity index (χ1) is 5.97. The maximum Gasteiger partial charge on any atom is 0.390 e. The quantitative estimate of drug-likeness (QED) is 0.771. The van der Waals surface area contributed by atoms with Crippen molar-refractivity contribution in [2.75, 3.05) is 11.9 Å². The Labute approximate surface area is 73.4 Å². The largest absolute Gasteiger partial charge is 0.390 e. The van der Waals surface area contributed by atoms with Crippen molar-refractivity contribution >= 4 is 5.95 Å². The number of hydrogen-bond acceptors (Lipinski definition) is 2. The topological polar surface area (TPSA) is 40.7 Å². The molecule has 0 radical (unpaired) electrons. The van der Waals surface area contributed by atoms with Gasteiger partial charge in [0, 0.05) is 18.4 Å². The lowest BCUT2D eigenvalue weighted by Crippen LogP contribution is -2.15. The Morgan fingerprint density at radius 3 is 2.69 bits per heavy atom. The van der Waals surface area contributed by atoms with Crippen LogP contribution < -0.4 is 5.32 Å². The lowest BCUT2D eigenvalue weighted by atomic mass is 10.4. The number of halogens is 3. The fourth-order valence-electron chi connectivity index (χ4n) is 0.825. The number of nitrogens with zero attached hydrogens (tertiary/aromatic N) is 1. The van der Waals surface area contributed by atoms with Gasteiger partial charge < -0.3 is 10.3 Å². The van der Waals surface area contributed by atoms with Crippen LogP contribution in [-0.2, 0) is 0 Å². The molecule has 0 unspecified atom stereocenters. The molecule has 74 valence electrons. The van der Waals surface area contributed by atoms with E-state index in [-0.39, 0.29) is 6.54 Å². The van der Waals surface area contributed by atoms with Crippen molar-refractivity contribution in [2.45, 2.75) is 19.5 Å². The molecular formula is C7H10F3N3. The van der Waals surface area contributed by atoms with Crippen LogP contribution in [0.5, 0.6) is 0 Å². The van der Waals surface area contributed by atoms with E-state index in [1.54, 1.807) is 13.1 Å². The molecule has 0 aliphatic carbocycles. The van der Waals surface area contributed by atoms with Crippen molar-refractivity contribution in [2.24, 2.45) is 0 Å². The molecule has 0 aliphatic heterocycles. The first kappa shape index (κ1) is 9.88. The Balaban J connectivity index is 2.28. The molecular weight excluding hydrogens is 183 g/mol. The van der Waals surface area contributed by atoms with E-state index in [0.717, 1.165) is 5.69 Å². The van der Waals surface area contributed by atoms with Crippen molar-refractivity contribution in [3.8, 4) is 0 Å². The minimum absolute atomic E-state index is 0.156. The van der Waals surface area contributed by atoms with E-state index < -0.39 is 12.6 Å². The zero-order valence-corrected chi connectivity index (χ0v) is 7.07. The van der Waals surface area contributed by atoms with E-state index >= 15 is 0 Å². The summed E-state index contributed by atoms with van der Waals surface area (Å²) in [5, 5.41) is 2.54. The van der Waals surface area contributed by atoms with Crippen LogP contribution in [0.25, 0.3) is 0 Å². The smallest absolute Gasteiger partial charge is 0.355 e. The molecule has 1 rings (SSSR count). The highest BCUT2D eigenvalue weighted by molar-refractivity contribution is 5.25. The average molecular weight is 193 g/mol. The van der Waals surface area contributed by atoms with Gasteiger partial charge >= 0.3 is 6.18 Å². The molecule has 13 heavy (non-hydrogen) atoms. The highest BCUT2D eigenvalue weighted by atomic mass is 19.4. The zero-order chi connectivity index (χ0) is 9.90. The number of aryl methyl sites for hydroxylation is 1. The van der Waals surface area contributed by atoms with Gasteiger partial charge in [0.15, 0.2) is 5.95 Å². The molecule has 0 atom stereocenters. The summed E-state index contributed by atoms with van der Waals surface area (Å²) in [5.74, 6) is 0.377. The van der Waals surface area contributed by atoms with Gasteiger partial charge in [-0.3, -0.25) is 0 Å². The number of rotatable bonds is 3. The molecule has 0 saturated heterocycles. The first-order valence-corrected chi connectivity index (χ1v) is 3.79. The number of hydrogen-bond donors (Lipinski definition) is 2. The molecule has 1 aromatic heterocycles. The zero-order valence-electron chi connectivity index (χ0n) is 7.07. The summed E-state index contributed by atoms with van der Waals surface area (Å²) in [7, 11) is 0. The minimum atomic E-state index is -4.12. The van der Waals surface area contributed by atoms with Gasteiger partial charge in [0.25, 0.3) is 0 Å². The number of anilines is 1. The second-order valence-corrected chi connectivity index (χ2v) is 2.71. The van der Waals surface area contributed by atoms with Gasteiger partial charge in [-0.15, -0.1) is 0 Å². The first-order valence-electron chi connectivity index (χ1n) is 3.79. The fraction of sp³-hybridized carbons (Fsp3) is 0.571. The predicted molar refractivity (Wildman–Crippen MR) is 42.5 cm³/mol. The maximum absolute atomic E-state index is 11.7. The summed E-state index contributed by atoms with van der Waals surface area (Å²) >= 11 is 0. The van der Waals surface area contributed by atoms with E-state index in [1.165, 1.54) is 0 Å². The molecule has 0 aromatic carbocycles. The third kappa shape index (κ3) is 3.82. The van der Waals surface area contributed by atoms with Crippen molar-refractivity contribution in [3.63, 3.8) is 0 Å². The van der Waals surface area contributed by atoms with E-state index in [9.17, 15) is 13.2 Å². The molecule has 6 heteroatoms. The van der Waals surface area contributed by atoms with Crippen LogP contribution in [0.4, 0.5) is 19.1 Å². The summed E-state index contributed by atoms with van der Waals surface area (Å²) < 4.78 is 35.1. The average Bonchev–Trinajstić information content (AvgIpc) is 2.33. The predicted octanol–water partition coefficient (Wildman–Crippen LogP) is 2.08. The van der Waals surface area contributed by atoms with Gasteiger partial charge in [-0.25, -0.2) is 4.98 Å². The van der Waals surface area contributed by atoms with Gasteiger partial charge in [-0.2, -0.15) is 13.2 Å². The highest BCUT2D eigenvalue weighted by Crippen LogP contribution is 2.18. The standard InChI is InChI=1S/C7H10F3N3/c1-5-4-12-6(13-5)11-3-2-7(8,9)10/h4H,2-3H2,1H3,(H2,11,12,13).